The molecule has 0 spiro atoms. The highest BCUT2D eigenvalue weighted by molar-refractivity contribution is 6.04. The van der Waals surface area contributed by atoms with E-state index in [0.717, 1.165) is 29.8 Å². The number of ketones is 1. The molecule has 2 aliphatic carbocycles. The lowest BCUT2D eigenvalue weighted by atomic mass is 9.52. The van der Waals surface area contributed by atoms with Gasteiger partial charge < -0.3 is 4.52 Å². The van der Waals surface area contributed by atoms with Gasteiger partial charge in [0.05, 0.1) is 11.3 Å². The van der Waals surface area contributed by atoms with Crippen molar-refractivity contribution in [1.82, 2.24) is 19.9 Å². The molecule has 7 heteroatoms. The number of nitriles is 1. The first-order valence-electron chi connectivity index (χ1n) is 8.75. The van der Waals surface area contributed by atoms with E-state index in [1.807, 2.05) is 27.0 Å². The van der Waals surface area contributed by atoms with Gasteiger partial charge in [0.1, 0.15) is 11.8 Å². The Balaban J connectivity index is 1.96. The molecule has 0 aromatic carbocycles. The van der Waals surface area contributed by atoms with Crippen LogP contribution in [0, 0.1) is 29.6 Å². The summed E-state index contributed by atoms with van der Waals surface area (Å²) in [7, 11) is 1.87. The number of carbonyl (C=O) groups excluding carboxylic acids is 1. The molecule has 4 rings (SSSR count). The number of carbonyl (C=O) groups is 1. The second-order valence-corrected chi connectivity index (χ2v) is 8.03. The minimum absolute atomic E-state index is 0.0733. The number of rotatable bonds is 1. The average Bonchev–Trinajstić information content (AvgIpc) is 3.14. The zero-order chi connectivity index (χ0) is 18.9. The van der Waals surface area contributed by atoms with Crippen molar-refractivity contribution >= 4 is 5.78 Å². The quantitative estimate of drug-likeness (QED) is 0.783. The van der Waals surface area contributed by atoms with E-state index in [-0.39, 0.29) is 17.3 Å². The Hall–Kier alpha value is -2.75. The first-order valence-corrected chi connectivity index (χ1v) is 8.75. The summed E-state index contributed by atoms with van der Waals surface area (Å²) in [5.41, 5.74) is 1.97. The maximum atomic E-state index is 12.7. The van der Waals surface area contributed by atoms with Crippen LogP contribution in [0.2, 0.25) is 0 Å². The molecule has 2 aliphatic rings. The van der Waals surface area contributed by atoms with E-state index in [1.165, 1.54) is 0 Å². The molecular weight excluding hydrogens is 330 g/mol. The van der Waals surface area contributed by atoms with Crippen molar-refractivity contribution in [2.75, 3.05) is 0 Å². The van der Waals surface area contributed by atoms with Gasteiger partial charge in [0.25, 0.3) is 0 Å². The topological polar surface area (TPSA) is 97.6 Å². The van der Waals surface area contributed by atoms with Crippen LogP contribution in [0.25, 0.3) is 11.5 Å². The molecule has 0 saturated heterocycles. The summed E-state index contributed by atoms with van der Waals surface area (Å²) in [6, 6.07) is 2.09. The van der Waals surface area contributed by atoms with Crippen molar-refractivity contribution in [2.45, 2.75) is 46.0 Å². The molecule has 2 aromatic heterocycles. The molecular formula is C19H21N5O2. The Morgan fingerprint density at radius 3 is 2.73 bits per heavy atom. The van der Waals surface area contributed by atoms with E-state index in [9.17, 15) is 10.1 Å². The molecule has 7 nitrogen and oxygen atoms in total. The number of nitrogens with zero attached hydrogens (tertiary/aromatic N) is 5. The van der Waals surface area contributed by atoms with E-state index < -0.39 is 10.8 Å². The maximum absolute atomic E-state index is 12.7. The first kappa shape index (κ1) is 16.7. The van der Waals surface area contributed by atoms with Crippen molar-refractivity contribution in [3.63, 3.8) is 0 Å². The van der Waals surface area contributed by atoms with Crippen LogP contribution >= 0.6 is 0 Å². The third kappa shape index (κ3) is 1.99. The Kier molecular flexibility index (Phi) is 3.30. The van der Waals surface area contributed by atoms with Gasteiger partial charge in [-0.15, -0.1) is 0 Å². The molecule has 134 valence electrons. The lowest BCUT2D eigenvalue weighted by Gasteiger charge is -2.49. The fraction of sp³-hybridized carbons (Fsp3) is 0.526. The Morgan fingerprint density at radius 2 is 2.12 bits per heavy atom. The normalized spacial score (nSPS) is 26.7. The Labute approximate surface area is 151 Å². The smallest absolute Gasteiger partial charge is 0.223 e. The number of Topliss-reactive ketones (excluding diaryl/α,β-unsaturated/α-hetero) is 1. The molecule has 2 atom stereocenters. The maximum Gasteiger partial charge on any atom is 0.223 e. The molecule has 0 radical (unpaired) electrons. The predicted octanol–water partition coefficient (Wildman–Crippen LogP) is 2.66. The summed E-state index contributed by atoms with van der Waals surface area (Å²) in [4.78, 5) is 17.1. The highest BCUT2D eigenvalue weighted by atomic mass is 16.5. The molecule has 2 unspecified atom stereocenters. The molecule has 0 amide bonds. The van der Waals surface area contributed by atoms with Gasteiger partial charge in [0, 0.05) is 30.4 Å². The summed E-state index contributed by atoms with van der Waals surface area (Å²) in [5.74, 6) is 1.04. The molecule has 0 bridgehead atoms. The van der Waals surface area contributed by atoms with Gasteiger partial charge in [0.2, 0.25) is 11.7 Å². The van der Waals surface area contributed by atoms with Gasteiger partial charge in [-0.2, -0.15) is 15.3 Å². The number of aromatic nitrogens is 4. The second kappa shape index (κ2) is 5.13. The summed E-state index contributed by atoms with van der Waals surface area (Å²) in [6.07, 6.45) is 3.45. The van der Waals surface area contributed by atoms with Crippen molar-refractivity contribution in [3.05, 3.63) is 28.8 Å². The van der Waals surface area contributed by atoms with Crippen LogP contribution in [-0.4, -0.2) is 25.7 Å². The van der Waals surface area contributed by atoms with Crippen LogP contribution in [0.3, 0.4) is 0 Å². The predicted molar refractivity (Wildman–Crippen MR) is 92.9 cm³/mol. The van der Waals surface area contributed by atoms with E-state index in [2.05, 4.69) is 23.1 Å². The molecule has 0 N–H and O–H groups in total. The molecule has 0 aliphatic heterocycles. The van der Waals surface area contributed by atoms with Crippen molar-refractivity contribution in [1.29, 1.82) is 5.26 Å². The van der Waals surface area contributed by atoms with E-state index >= 15 is 0 Å². The van der Waals surface area contributed by atoms with Crippen LogP contribution in [-0.2, 0) is 23.7 Å². The first-order chi connectivity index (χ1) is 12.2. The minimum Gasteiger partial charge on any atom is -0.339 e. The van der Waals surface area contributed by atoms with E-state index in [1.54, 1.807) is 11.6 Å². The summed E-state index contributed by atoms with van der Waals surface area (Å²) in [6.45, 7) is 7.73. The SMILES string of the molecule is Cc1nc(-c2c3c(nn2C)C2(C)C=C(C#N)C(=O)C(C)(C)C2CC3)no1. The van der Waals surface area contributed by atoms with Gasteiger partial charge >= 0.3 is 0 Å². The molecule has 2 aromatic rings. The average molecular weight is 351 g/mol. The van der Waals surface area contributed by atoms with Gasteiger partial charge in [-0.3, -0.25) is 9.48 Å². The highest BCUT2D eigenvalue weighted by Gasteiger charge is 2.55. The van der Waals surface area contributed by atoms with E-state index in [4.69, 9.17) is 9.62 Å². The van der Waals surface area contributed by atoms with Gasteiger partial charge in [-0.1, -0.05) is 32.0 Å². The Bertz CT molecular complexity index is 1000. The van der Waals surface area contributed by atoms with E-state index in [0.29, 0.717) is 11.7 Å². The van der Waals surface area contributed by atoms with Crippen molar-refractivity contribution in [3.8, 4) is 17.6 Å². The van der Waals surface area contributed by atoms with Crippen LogP contribution in [0.4, 0.5) is 0 Å². The summed E-state index contributed by atoms with van der Waals surface area (Å²) in [5, 5.41) is 18.3. The minimum atomic E-state index is -0.604. The highest BCUT2D eigenvalue weighted by Crippen LogP contribution is 2.55. The van der Waals surface area contributed by atoms with Crippen LogP contribution in [0.5, 0.6) is 0 Å². The fourth-order valence-electron chi connectivity index (χ4n) is 4.90. The lowest BCUT2D eigenvalue weighted by Crippen LogP contribution is -2.51. The monoisotopic (exact) mass is 351 g/mol. The third-order valence-electron chi connectivity index (χ3n) is 6.07. The van der Waals surface area contributed by atoms with Crippen molar-refractivity contribution < 1.29 is 9.32 Å². The number of hydrogen-bond donors (Lipinski definition) is 0. The standard InChI is InChI=1S/C19H21N5O2/c1-10-21-17(23-26-10)14-12-6-7-13-18(2,3)16(25)11(9-20)8-19(13,4)15(12)22-24(14)5/h8,13H,6-7H2,1-5H3. The zero-order valence-corrected chi connectivity index (χ0v) is 15.6. The number of allylic oxidation sites excluding steroid dienone is 2. The van der Waals surface area contributed by atoms with Crippen LogP contribution in [0.15, 0.2) is 16.2 Å². The summed E-state index contributed by atoms with van der Waals surface area (Å²) >= 11 is 0. The van der Waals surface area contributed by atoms with Gasteiger partial charge in [0.15, 0.2) is 5.78 Å². The molecule has 2 heterocycles. The summed E-state index contributed by atoms with van der Waals surface area (Å²) < 4.78 is 6.93. The van der Waals surface area contributed by atoms with Gasteiger partial charge in [-0.25, -0.2) is 0 Å². The largest absolute Gasteiger partial charge is 0.339 e. The van der Waals surface area contributed by atoms with Crippen molar-refractivity contribution in [2.24, 2.45) is 18.4 Å². The van der Waals surface area contributed by atoms with Crippen LogP contribution < -0.4 is 0 Å². The second-order valence-electron chi connectivity index (χ2n) is 8.03. The zero-order valence-electron chi connectivity index (χ0n) is 15.6. The Morgan fingerprint density at radius 1 is 1.38 bits per heavy atom. The fourth-order valence-corrected chi connectivity index (χ4v) is 4.90. The molecule has 0 saturated carbocycles. The van der Waals surface area contributed by atoms with Crippen LogP contribution in [0.1, 0.15) is 44.3 Å². The number of hydrogen-bond acceptors (Lipinski definition) is 6. The number of fused-ring (bicyclic) bond motifs is 3. The molecule has 0 fully saturated rings. The third-order valence-corrected chi connectivity index (χ3v) is 6.07. The molecule has 26 heavy (non-hydrogen) atoms. The number of aryl methyl sites for hydroxylation is 2. The lowest BCUT2D eigenvalue weighted by molar-refractivity contribution is -0.128. The van der Waals surface area contributed by atoms with Gasteiger partial charge in [-0.05, 0) is 18.8 Å².